The summed E-state index contributed by atoms with van der Waals surface area (Å²) in [6.07, 6.45) is 2.11. The first-order valence-corrected chi connectivity index (χ1v) is 9.75. The third-order valence-electron chi connectivity index (χ3n) is 4.39. The van der Waals surface area contributed by atoms with Crippen molar-refractivity contribution >= 4 is 29.3 Å². The standard InChI is InChI=1S/C18H26ClNO2S/c1-4-13(3)23-12-16(5-2)20-17(10-22-11-18(20)21)14-6-8-15(19)9-7-14/h6-9,13,16-17H,4-5,10-12H2,1-3H3. The van der Waals surface area contributed by atoms with E-state index in [0.717, 1.165) is 24.2 Å². The van der Waals surface area contributed by atoms with Crippen molar-refractivity contribution in [3.63, 3.8) is 0 Å². The van der Waals surface area contributed by atoms with E-state index in [1.807, 2.05) is 40.9 Å². The van der Waals surface area contributed by atoms with Crippen LogP contribution in [0.25, 0.3) is 0 Å². The van der Waals surface area contributed by atoms with Crippen LogP contribution in [0.4, 0.5) is 0 Å². The number of halogens is 1. The molecule has 1 heterocycles. The van der Waals surface area contributed by atoms with Gasteiger partial charge < -0.3 is 9.64 Å². The molecule has 1 aliphatic rings. The molecule has 1 aromatic carbocycles. The number of rotatable bonds is 7. The van der Waals surface area contributed by atoms with Crippen molar-refractivity contribution in [1.82, 2.24) is 4.90 Å². The number of carbonyl (C=O) groups is 1. The van der Waals surface area contributed by atoms with Crippen LogP contribution in [0.2, 0.25) is 5.02 Å². The summed E-state index contributed by atoms with van der Waals surface area (Å²) in [5, 5.41) is 1.33. The molecule has 0 spiro atoms. The molecule has 0 bridgehead atoms. The van der Waals surface area contributed by atoms with Gasteiger partial charge in [0.1, 0.15) is 6.61 Å². The van der Waals surface area contributed by atoms with Crippen molar-refractivity contribution in [1.29, 1.82) is 0 Å². The van der Waals surface area contributed by atoms with Crippen LogP contribution in [-0.2, 0) is 9.53 Å². The van der Waals surface area contributed by atoms with Gasteiger partial charge in [-0.15, -0.1) is 0 Å². The summed E-state index contributed by atoms with van der Waals surface area (Å²) in [5.41, 5.74) is 1.09. The average molecular weight is 356 g/mol. The predicted octanol–water partition coefficient (Wildman–Crippen LogP) is 4.55. The van der Waals surface area contributed by atoms with Crippen LogP contribution in [0.1, 0.15) is 45.2 Å². The van der Waals surface area contributed by atoms with Gasteiger partial charge in [-0.25, -0.2) is 0 Å². The second kappa shape index (κ2) is 8.95. The van der Waals surface area contributed by atoms with Crippen LogP contribution in [0.5, 0.6) is 0 Å². The molecule has 0 aliphatic carbocycles. The highest BCUT2D eigenvalue weighted by Gasteiger charge is 2.34. The van der Waals surface area contributed by atoms with Gasteiger partial charge in [-0.2, -0.15) is 11.8 Å². The van der Waals surface area contributed by atoms with Crippen LogP contribution in [0.3, 0.4) is 0 Å². The molecule has 1 aromatic rings. The topological polar surface area (TPSA) is 29.5 Å². The molecular weight excluding hydrogens is 330 g/mol. The number of amides is 1. The van der Waals surface area contributed by atoms with Gasteiger partial charge in [0.2, 0.25) is 5.91 Å². The lowest BCUT2D eigenvalue weighted by Gasteiger charge is -2.41. The first-order chi connectivity index (χ1) is 11.1. The number of nitrogens with zero attached hydrogens (tertiary/aromatic N) is 1. The number of carbonyl (C=O) groups excluding carboxylic acids is 1. The van der Waals surface area contributed by atoms with Crippen molar-refractivity contribution in [2.45, 2.75) is 50.9 Å². The van der Waals surface area contributed by atoms with Gasteiger partial charge in [0.15, 0.2) is 0 Å². The van der Waals surface area contributed by atoms with E-state index in [-0.39, 0.29) is 24.6 Å². The van der Waals surface area contributed by atoms with Gasteiger partial charge in [0, 0.05) is 22.1 Å². The minimum absolute atomic E-state index is 0.0176. The Bertz CT molecular complexity index is 508. The Morgan fingerprint density at radius 3 is 2.61 bits per heavy atom. The monoisotopic (exact) mass is 355 g/mol. The molecule has 0 aromatic heterocycles. The van der Waals surface area contributed by atoms with Gasteiger partial charge >= 0.3 is 0 Å². The zero-order chi connectivity index (χ0) is 16.8. The molecule has 3 unspecified atom stereocenters. The van der Waals surface area contributed by atoms with Crippen LogP contribution in [0, 0.1) is 0 Å². The Kier molecular flexibility index (Phi) is 7.25. The summed E-state index contributed by atoms with van der Waals surface area (Å²) in [5.74, 6) is 1.06. The van der Waals surface area contributed by atoms with E-state index in [4.69, 9.17) is 16.3 Å². The third kappa shape index (κ3) is 4.88. The van der Waals surface area contributed by atoms with Gasteiger partial charge in [-0.1, -0.05) is 44.5 Å². The van der Waals surface area contributed by atoms with Crippen molar-refractivity contribution < 1.29 is 9.53 Å². The van der Waals surface area contributed by atoms with Crippen LogP contribution >= 0.6 is 23.4 Å². The number of ether oxygens (including phenoxy) is 1. The Morgan fingerprint density at radius 1 is 1.30 bits per heavy atom. The summed E-state index contributed by atoms with van der Waals surface area (Å²) < 4.78 is 5.52. The highest BCUT2D eigenvalue weighted by molar-refractivity contribution is 7.99. The Labute approximate surface area is 148 Å². The van der Waals surface area contributed by atoms with Crippen molar-refractivity contribution in [3.05, 3.63) is 34.9 Å². The van der Waals surface area contributed by atoms with Crippen molar-refractivity contribution in [3.8, 4) is 0 Å². The molecule has 1 aliphatic heterocycles. The zero-order valence-corrected chi connectivity index (χ0v) is 15.7. The predicted molar refractivity (Wildman–Crippen MR) is 98.1 cm³/mol. The first kappa shape index (κ1) is 18.6. The Morgan fingerprint density at radius 2 is 2.00 bits per heavy atom. The lowest BCUT2D eigenvalue weighted by molar-refractivity contribution is -0.151. The average Bonchev–Trinajstić information content (AvgIpc) is 2.57. The molecule has 0 saturated carbocycles. The van der Waals surface area contributed by atoms with Crippen LogP contribution in [0.15, 0.2) is 24.3 Å². The smallest absolute Gasteiger partial charge is 0.249 e. The number of benzene rings is 1. The number of hydrogen-bond acceptors (Lipinski definition) is 3. The molecule has 0 N–H and O–H groups in total. The largest absolute Gasteiger partial charge is 0.369 e. The van der Waals surface area contributed by atoms with Crippen LogP contribution < -0.4 is 0 Å². The lowest BCUT2D eigenvalue weighted by atomic mass is 10.0. The highest BCUT2D eigenvalue weighted by atomic mass is 35.5. The minimum atomic E-state index is -0.0176. The highest BCUT2D eigenvalue weighted by Crippen LogP contribution is 2.31. The maximum absolute atomic E-state index is 12.5. The minimum Gasteiger partial charge on any atom is -0.369 e. The molecule has 0 radical (unpaired) electrons. The molecular formula is C18H26ClNO2S. The fraction of sp³-hybridized carbons (Fsp3) is 0.611. The van der Waals surface area contributed by atoms with E-state index < -0.39 is 0 Å². The second-order valence-corrected chi connectivity index (χ2v) is 7.91. The van der Waals surface area contributed by atoms with E-state index in [1.54, 1.807) is 0 Å². The molecule has 5 heteroatoms. The molecule has 2 rings (SSSR count). The molecule has 1 amide bonds. The Balaban J connectivity index is 2.18. The summed E-state index contributed by atoms with van der Waals surface area (Å²) in [6.45, 7) is 7.35. The van der Waals surface area contributed by atoms with Crippen LogP contribution in [-0.4, -0.2) is 41.1 Å². The quantitative estimate of drug-likeness (QED) is 0.718. The van der Waals surface area contributed by atoms with Gasteiger partial charge in [-0.05, 0) is 30.5 Å². The van der Waals surface area contributed by atoms with Crippen molar-refractivity contribution in [2.24, 2.45) is 0 Å². The summed E-state index contributed by atoms with van der Waals surface area (Å²) in [6, 6.07) is 7.97. The maximum atomic E-state index is 12.5. The van der Waals surface area contributed by atoms with E-state index in [0.29, 0.717) is 16.9 Å². The molecule has 3 nitrogen and oxygen atoms in total. The molecule has 23 heavy (non-hydrogen) atoms. The van der Waals surface area contributed by atoms with Crippen molar-refractivity contribution in [2.75, 3.05) is 19.0 Å². The number of hydrogen-bond donors (Lipinski definition) is 0. The molecule has 128 valence electrons. The summed E-state index contributed by atoms with van der Waals surface area (Å²) >= 11 is 7.94. The van der Waals surface area contributed by atoms with E-state index in [9.17, 15) is 4.79 Å². The lowest BCUT2D eigenvalue weighted by Crippen LogP contribution is -2.50. The zero-order valence-electron chi connectivity index (χ0n) is 14.1. The maximum Gasteiger partial charge on any atom is 0.249 e. The Hall–Kier alpha value is -0.710. The molecule has 1 fully saturated rings. The summed E-state index contributed by atoms with van der Waals surface area (Å²) in [4.78, 5) is 14.6. The van der Waals surface area contributed by atoms with Gasteiger partial charge in [0.05, 0.1) is 12.6 Å². The summed E-state index contributed by atoms with van der Waals surface area (Å²) in [7, 11) is 0. The normalized spacial score (nSPS) is 21.3. The van der Waals surface area contributed by atoms with Gasteiger partial charge in [0.25, 0.3) is 0 Å². The molecule has 3 atom stereocenters. The fourth-order valence-electron chi connectivity index (χ4n) is 2.77. The van der Waals surface area contributed by atoms with Gasteiger partial charge in [-0.3, -0.25) is 4.79 Å². The second-order valence-electron chi connectivity index (χ2n) is 6.00. The number of morpholine rings is 1. The third-order valence-corrected chi connectivity index (χ3v) is 6.12. The van der Waals surface area contributed by atoms with E-state index in [2.05, 4.69) is 20.8 Å². The van der Waals surface area contributed by atoms with E-state index in [1.165, 1.54) is 0 Å². The van der Waals surface area contributed by atoms with E-state index >= 15 is 0 Å². The first-order valence-electron chi connectivity index (χ1n) is 8.32. The molecule has 1 saturated heterocycles. The fourth-order valence-corrected chi connectivity index (χ4v) is 4.08. The number of thioether (sulfide) groups is 1. The SMILES string of the molecule is CCC(C)SCC(CC)N1C(=O)COCC1c1ccc(Cl)cc1.